The lowest BCUT2D eigenvalue weighted by Crippen LogP contribution is -2.37. The topological polar surface area (TPSA) is 15.3 Å². The molecule has 2 heteroatoms. The molecule has 21 heavy (non-hydrogen) atoms. The molecule has 1 fully saturated rings. The first-order chi connectivity index (χ1) is 10.1. The second-order valence-electron chi connectivity index (χ2n) is 7.17. The van der Waals surface area contributed by atoms with Gasteiger partial charge < -0.3 is 5.32 Å². The molecule has 118 valence electrons. The van der Waals surface area contributed by atoms with Crippen LogP contribution < -0.4 is 5.32 Å². The second kappa shape index (κ2) is 7.95. The number of nitrogens with one attached hydrogen (secondary N) is 1. The number of rotatable bonds is 6. The Morgan fingerprint density at radius 2 is 1.90 bits per heavy atom. The highest BCUT2D eigenvalue weighted by Gasteiger charge is 2.18. The minimum Gasteiger partial charge on any atom is -0.316 e. The van der Waals surface area contributed by atoms with Crippen molar-refractivity contribution in [2.24, 2.45) is 11.8 Å². The molecule has 0 aliphatic carbocycles. The third-order valence-corrected chi connectivity index (χ3v) is 4.71. The molecule has 1 aliphatic rings. The Labute approximate surface area is 130 Å². The van der Waals surface area contributed by atoms with Crippen LogP contribution in [0.3, 0.4) is 0 Å². The van der Waals surface area contributed by atoms with Crippen LogP contribution in [0.25, 0.3) is 0 Å². The Morgan fingerprint density at radius 3 is 2.48 bits per heavy atom. The van der Waals surface area contributed by atoms with Crippen LogP contribution in [0, 0.1) is 11.8 Å². The van der Waals surface area contributed by atoms with Crippen molar-refractivity contribution in [3.05, 3.63) is 35.4 Å². The van der Waals surface area contributed by atoms with E-state index in [1.165, 1.54) is 50.0 Å². The van der Waals surface area contributed by atoms with Gasteiger partial charge in [-0.1, -0.05) is 38.1 Å². The summed E-state index contributed by atoms with van der Waals surface area (Å²) in [7, 11) is 2.27. The molecule has 0 saturated carbocycles. The van der Waals surface area contributed by atoms with E-state index < -0.39 is 0 Å². The summed E-state index contributed by atoms with van der Waals surface area (Å²) in [4.78, 5) is 2.51. The molecule has 1 aliphatic heterocycles. The summed E-state index contributed by atoms with van der Waals surface area (Å²) >= 11 is 0. The molecule has 1 aromatic rings. The van der Waals surface area contributed by atoms with Gasteiger partial charge in [0.15, 0.2) is 0 Å². The molecule has 0 bridgehead atoms. The molecule has 1 aromatic carbocycles. The van der Waals surface area contributed by atoms with Gasteiger partial charge in [0.25, 0.3) is 0 Å². The SMILES string of the molecule is CC(C)Cc1ccc(C(C)N(C)CC2CCCNC2)cc1. The third-order valence-electron chi connectivity index (χ3n) is 4.71. The molecular weight excluding hydrogens is 256 g/mol. The van der Waals surface area contributed by atoms with Crippen LogP contribution in [0.5, 0.6) is 0 Å². The second-order valence-corrected chi connectivity index (χ2v) is 7.17. The van der Waals surface area contributed by atoms with Gasteiger partial charge in [0.1, 0.15) is 0 Å². The standard InChI is InChI=1S/C19H32N2/c1-15(2)12-17-7-9-19(10-8-17)16(3)21(4)14-18-6-5-11-20-13-18/h7-10,15-16,18,20H,5-6,11-14H2,1-4H3. The highest BCUT2D eigenvalue weighted by Crippen LogP contribution is 2.22. The van der Waals surface area contributed by atoms with E-state index in [9.17, 15) is 0 Å². The maximum absolute atomic E-state index is 3.52. The maximum Gasteiger partial charge on any atom is 0.0316 e. The summed E-state index contributed by atoms with van der Waals surface area (Å²) in [5.41, 5.74) is 2.90. The summed E-state index contributed by atoms with van der Waals surface area (Å²) in [6.45, 7) is 10.5. The summed E-state index contributed by atoms with van der Waals surface area (Å²) < 4.78 is 0. The van der Waals surface area contributed by atoms with Gasteiger partial charge in [0.2, 0.25) is 0 Å². The molecule has 1 heterocycles. The van der Waals surface area contributed by atoms with E-state index in [-0.39, 0.29) is 0 Å². The lowest BCUT2D eigenvalue weighted by molar-refractivity contribution is 0.199. The average Bonchev–Trinajstić information content (AvgIpc) is 2.47. The van der Waals surface area contributed by atoms with Crippen molar-refractivity contribution < 1.29 is 0 Å². The van der Waals surface area contributed by atoms with Crippen molar-refractivity contribution >= 4 is 0 Å². The number of benzene rings is 1. The van der Waals surface area contributed by atoms with E-state index in [1.807, 2.05) is 0 Å². The normalized spacial score (nSPS) is 21.0. The van der Waals surface area contributed by atoms with Gasteiger partial charge in [-0.05, 0) is 69.3 Å². The van der Waals surface area contributed by atoms with Gasteiger partial charge in [0, 0.05) is 12.6 Å². The van der Waals surface area contributed by atoms with E-state index in [2.05, 4.69) is 62.3 Å². The van der Waals surface area contributed by atoms with Crippen molar-refractivity contribution in [3.8, 4) is 0 Å². The molecule has 1 saturated heterocycles. The Hall–Kier alpha value is -0.860. The minimum atomic E-state index is 0.500. The predicted octanol–water partition coefficient (Wildman–Crippen LogP) is 3.88. The fraction of sp³-hybridized carbons (Fsp3) is 0.684. The molecular formula is C19H32N2. The molecule has 2 unspecified atom stereocenters. The molecule has 0 radical (unpaired) electrons. The molecule has 0 aromatic heterocycles. The Balaban J connectivity index is 1.90. The van der Waals surface area contributed by atoms with Crippen molar-refractivity contribution in [1.82, 2.24) is 10.2 Å². The molecule has 2 rings (SSSR count). The summed E-state index contributed by atoms with van der Waals surface area (Å²) in [5.74, 6) is 1.54. The smallest absolute Gasteiger partial charge is 0.0316 e. The largest absolute Gasteiger partial charge is 0.316 e. The van der Waals surface area contributed by atoms with Crippen LogP contribution in [0.4, 0.5) is 0 Å². The van der Waals surface area contributed by atoms with E-state index in [0.29, 0.717) is 6.04 Å². The highest BCUT2D eigenvalue weighted by molar-refractivity contribution is 5.25. The quantitative estimate of drug-likeness (QED) is 0.854. The Kier molecular flexibility index (Phi) is 6.25. The van der Waals surface area contributed by atoms with Crippen LogP contribution in [-0.2, 0) is 6.42 Å². The van der Waals surface area contributed by atoms with Gasteiger partial charge in [0.05, 0.1) is 0 Å². The fourth-order valence-electron chi connectivity index (χ4n) is 3.30. The van der Waals surface area contributed by atoms with Crippen LogP contribution in [-0.4, -0.2) is 31.6 Å². The van der Waals surface area contributed by atoms with E-state index in [1.54, 1.807) is 0 Å². The van der Waals surface area contributed by atoms with Crippen LogP contribution in [0.2, 0.25) is 0 Å². The number of nitrogens with zero attached hydrogens (tertiary/aromatic N) is 1. The third kappa shape index (κ3) is 5.12. The van der Waals surface area contributed by atoms with Crippen LogP contribution in [0.15, 0.2) is 24.3 Å². The zero-order chi connectivity index (χ0) is 15.2. The van der Waals surface area contributed by atoms with Crippen molar-refractivity contribution in [1.29, 1.82) is 0 Å². The Morgan fingerprint density at radius 1 is 1.19 bits per heavy atom. The zero-order valence-electron chi connectivity index (χ0n) is 14.2. The predicted molar refractivity (Wildman–Crippen MR) is 91.6 cm³/mol. The lowest BCUT2D eigenvalue weighted by Gasteiger charge is -2.31. The summed E-state index contributed by atoms with van der Waals surface area (Å²) in [6.07, 6.45) is 3.88. The van der Waals surface area contributed by atoms with Gasteiger partial charge in [-0.25, -0.2) is 0 Å². The Bertz CT molecular complexity index is 404. The van der Waals surface area contributed by atoms with Gasteiger partial charge in [-0.15, -0.1) is 0 Å². The summed E-state index contributed by atoms with van der Waals surface area (Å²) in [5, 5.41) is 3.52. The van der Waals surface area contributed by atoms with Crippen molar-refractivity contribution in [2.75, 3.05) is 26.7 Å². The number of hydrogen-bond acceptors (Lipinski definition) is 2. The lowest BCUT2D eigenvalue weighted by atomic mass is 9.97. The minimum absolute atomic E-state index is 0.500. The summed E-state index contributed by atoms with van der Waals surface area (Å²) in [6, 6.07) is 9.75. The van der Waals surface area contributed by atoms with E-state index in [4.69, 9.17) is 0 Å². The van der Waals surface area contributed by atoms with Crippen LogP contribution >= 0.6 is 0 Å². The number of piperidine rings is 1. The van der Waals surface area contributed by atoms with Gasteiger partial charge in [-0.2, -0.15) is 0 Å². The van der Waals surface area contributed by atoms with Crippen molar-refractivity contribution in [3.63, 3.8) is 0 Å². The van der Waals surface area contributed by atoms with Crippen molar-refractivity contribution in [2.45, 2.75) is 46.1 Å². The zero-order valence-corrected chi connectivity index (χ0v) is 14.2. The van der Waals surface area contributed by atoms with E-state index in [0.717, 1.165) is 11.8 Å². The number of hydrogen-bond donors (Lipinski definition) is 1. The molecule has 2 atom stereocenters. The van der Waals surface area contributed by atoms with Gasteiger partial charge >= 0.3 is 0 Å². The first-order valence-electron chi connectivity index (χ1n) is 8.56. The van der Waals surface area contributed by atoms with Crippen LogP contribution in [0.1, 0.15) is 50.8 Å². The molecule has 1 N–H and O–H groups in total. The molecule has 0 amide bonds. The fourth-order valence-corrected chi connectivity index (χ4v) is 3.30. The first-order valence-corrected chi connectivity index (χ1v) is 8.56. The van der Waals surface area contributed by atoms with Gasteiger partial charge in [-0.3, -0.25) is 4.90 Å². The monoisotopic (exact) mass is 288 g/mol. The van der Waals surface area contributed by atoms with E-state index >= 15 is 0 Å². The first kappa shape index (κ1) is 16.5. The molecule has 2 nitrogen and oxygen atoms in total. The molecule has 0 spiro atoms. The highest BCUT2D eigenvalue weighted by atomic mass is 15.1. The maximum atomic E-state index is 3.52. The average molecular weight is 288 g/mol.